The van der Waals surface area contributed by atoms with Gasteiger partial charge in [-0.25, -0.2) is 4.79 Å². The Hall–Kier alpha value is -3.08. The normalized spacial score (nSPS) is 10.5. The van der Waals surface area contributed by atoms with Crippen LogP contribution >= 0.6 is 0 Å². The van der Waals surface area contributed by atoms with Crippen molar-refractivity contribution >= 4 is 17.8 Å². The molecule has 0 saturated heterocycles. The summed E-state index contributed by atoms with van der Waals surface area (Å²) in [6.07, 6.45) is 3.17. The predicted octanol–water partition coefficient (Wildman–Crippen LogP) is 3.05. The topological polar surface area (TPSA) is 72.8 Å². The third-order valence-corrected chi connectivity index (χ3v) is 3.04. The van der Waals surface area contributed by atoms with Gasteiger partial charge in [-0.1, -0.05) is 18.2 Å². The van der Waals surface area contributed by atoms with Crippen LogP contribution in [0.3, 0.4) is 0 Å². The van der Waals surface area contributed by atoms with Gasteiger partial charge in [0.25, 0.3) is 0 Å². The van der Waals surface area contributed by atoms with Crippen molar-refractivity contribution in [3.8, 4) is 11.5 Å². The first-order chi connectivity index (χ1) is 11.1. The van der Waals surface area contributed by atoms with E-state index in [1.54, 1.807) is 61.7 Å². The number of hydrogen-bond acceptors (Lipinski definition) is 4. The highest BCUT2D eigenvalue weighted by atomic mass is 16.5. The van der Waals surface area contributed by atoms with Crippen LogP contribution in [0.2, 0.25) is 0 Å². The quantitative estimate of drug-likeness (QED) is 0.628. The van der Waals surface area contributed by atoms with Crippen molar-refractivity contribution in [3.05, 3.63) is 65.7 Å². The molecule has 0 radical (unpaired) electrons. The van der Waals surface area contributed by atoms with E-state index in [2.05, 4.69) is 0 Å². The number of ether oxygens (including phenoxy) is 2. The van der Waals surface area contributed by atoms with Crippen LogP contribution in [0.15, 0.2) is 54.6 Å². The molecule has 0 spiro atoms. The van der Waals surface area contributed by atoms with Gasteiger partial charge in [0.15, 0.2) is 12.4 Å². The Bertz CT molecular complexity index is 699. The van der Waals surface area contributed by atoms with Crippen LogP contribution in [-0.2, 0) is 4.79 Å². The van der Waals surface area contributed by atoms with Gasteiger partial charge in [0, 0.05) is 5.56 Å². The summed E-state index contributed by atoms with van der Waals surface area (Å²) >= 11 is 0. The van der Waals surface area contributed by atoms with E-state index in [1.165, 1.54) is 6.08 Å². The summed E-state index contributed by atoms with van der Waals surface area (Å²) < 4.78 is 10.1. The molecule has 0 amide bonds. The van der Waals surface area contributed by atoms with E-state index in [4.69, 9.17) is 14.6 Å². The number of aliphatic carboxylic acids is 1. The molecule has 5 heteroatoms. The molecule has 0 aliphatic rings. The second-order valence-corrected chi connectivity index (χ2v) is 4.68. The van der Waals surface area contributed by atoms with Crippen LogP contribution in [0.4, 0.5) is 0 Å². The van der Waals surface area contributed by atoms with E-state index in [1.807, 2.05) is 0 Å². The number of benzene rings is 2. The van der Waals surface area contributed by atoms with Crippen LogP contribution in [0, 0.1) is 0 Å². The summed E-state index contributed by atoms with van der Waals surface area (Å²) in [5, 5.41) is 8.53. The molecule has 2 aromatic rings. The molecule has 0 saturated carbocycles. The first-order valence-electron chi connectivity index (χ1n) is 6.89. The molecule has 2 rings (SSSR count). The average Bonchev–Trinajstić information content (AvgIpc) is 2.58. The molecule has 118 valence electrons. The number of allylic oxidation sites excluding steroid dienone is 1. The highest BCUT2D eigenvalue weighted by Gasteiger charge is 2.02. The van der Waals surface area contributed by atoms with Crippen molar-refractivity contribution in [2.24, 2.45) is 0 Å². The van der Waals surface area contributed by atoms with Crippen molar-refractivity contribution in [2.75, 3.05) is 13.7 Å². The summed E-state index contributed by atoms with van der Waals surface area (Å²) in [7, 11) is 1.57. The van der Waals surface area contributed by atoms with Crippen LogP contribution in [0.5, 0.6) is 11.5 Å². The van der Waals surface area contributed by atoms with E-state index in [9.17, 15) is 9.59 Å². The maximum atomic E-state index is 12.0. The SMILES string of the molecule is COc1ccc(C(=O)/C=C\c2ccc(OCC(=O)O)cc2)cc1. The van der Waals surface area contributed by atoms with Crippen LogP contribution in [0.1, 0.15) is 15.9 Å². The van der Waals surface area contributed by atoms with Crippen molar-refractivity contribution in [1.29, 1.82) is 0 Å². The Labute approximate surface area is 133 Å². The molecule has 0 fully saturated rings. The molecule has 0 heterocycles. The van der Waals surface area contributed by atoms with Gasteiger partial charge < -0.3 is 14.6 Å². The molecular weight excluding hydrogens is 296 g/mol. The largest absolute Gasteiger partial charge is 0.497 e. The lowest BCUT2D eigenvalue weighted by Crippen LogP contribution is -2.09. The zero-order valence-electron chi connectivity index (χ0n) is 12.6. The third kappa shape index (κ3) is 5.00. The van der Waals surface area contributed by atoms with E-state index in [0.29, 0.717) is 17.1 Å². The smallest absolute Gasteiger partial charge is 0.341 e. The van der Waals surface area contributed by atoms with E-state index >= 15 is 0 Å². The summed E-state index contributed by atoms with van der Waals surface area (Å²) in [5.41, 5.74) is 1.39. The molecule has 0 bridgehead atoms. The molecule has 2 aromatic carbocycles. The molecule has 0 aromatic heterocycles. The Morgan fingerprint density at radius 3 is 2.17 bits per heavy atom. The highest BCUT2D eigenvalue weighted by molar-refractivity contribution is 6.06. The second-order valence-electron chi connectivity index (χ2n) is 4.68. The zero-order chi connectivity index (χ0) is 16.7. The molecular formula is C18H16O5. The lowest BCUT2D eigenvalue weighted by atomic mass is 10.1. The average molecular weight is 312 g/mol. The minimum absolute atomic E-state index is 0.112. The Morgan fingerprint density at radius 1 is 1.00 bits per heavy atom. The van der Waals surface area contributed by atoms with Gasteiger partial charge in [-0.05, 0) is 48.0 Å². The van der Waals surface area contributed by atoms with Gasteiger partial charge in [-0.3, -0.25) is 4.79 Å². The van der Waals surface area contributed by atoms with Gasteiger partial charge in [0.2, 0.25) is 0 Å². The number of carbonyl (C=O) groups is 2. The highest BCUT2D eigenvalue weighted by Crippen LogP contribution is 2.15. The monoisotopic (exact) mass is 312 g/mol. The summed E-state index contributed by atoms with van der Waals surface area (Å²) in [6, 6.07) is 13.7. The van der Waals surface area contributed by atoms with Crippen molar-refractivity contribution in [2.45, 2.75) is 0 Å². The molecule has 0 aliphatic heterocycles. The maximum Gasteiger partial charge on any atom is 0.341 e. The number of hydrogen-bond donors (Lipinski definition) is 1. The van der Waals surface area contributed by atoms with E-state index in [-0.39, 0.29) is 12.4 Å². The number of carboxylic acids is 1. The lowest BCUT2D eigenvalue weighted by Gasteiger charge is -2.03. The maximum absolute atomic E-state index is 12.0. The molecule has 0 atom stereocenters. The van der Waals surface area contributed by atoms with E-state index < -0.39 is 5.97 Å². The zero-order valence-corrected chi connectivity index (χ0v) is 12.6. The first-order valence-corrected chi connectivity index (χ1v) is 6.89. The summed E-state index contributed by atoms with van der Waals surface area (Å²) in [6.45, 7) is -0.384. The van der Waals surface area contributed by atoms with Crippen LogP contribution in [-0.4, -0.2) is 30.6 Å². The Kier molecular flexibility index (Phi) is 5.52. The molecule has 5 nitrogen and oxygen atoms in total. The minimum Gasteiger partial charge on any atom is -0.497 e. The fraction of sp³-hybridized carbons (Fsp3) is 0.111. The molecule has 0 unspecified atom stereocenters. The van der Waals surface area contributed by atoms with Crippen molar-refractivity contribution in [3.63, 3.8) is 0 Å². The Morgan fingerprint density at radius 2 is 1.61 bits per heavy atom. The number of carboxylic acid groups (broad SMARTS) is 1. The third-order valence-electron chi connectivity index (χ3n) is 3.04. The van der Waals surface area contributed by atoms with E-state index in [0.717, 1.165) is 5.56 Å². The van der Waals surface area contributed by atoms with Crippen molar-refractivity contribution in [1.82, 2.24) is 0 Å². The molecule has 1 N–H and O–H groups in total. The number of carbonyl (C=O) groups excluding carboxylic acids is 1. The van der Waals surface area contributed by atoms with Gasteiger partial charge in [-0.15, -0.1) is 0 Å². The first kappa shape index (κ1) is 16.3. The Balaban J connectivity index is 1.98. The number of methoxy groups -OCH3 is 1. The predicted molar refractivity (Wildman–Crippen MR) is 85.9 cm³/mol. The minimum atomic E-state index is -1.03. The van der Waals surface area contributed by atoms with Gasteiger partial charge in [0.05, 0.1) is 7.11 Å². The fourth-order valence-corrected chi connectivity index (χ4v) is 1.84. The molecule has 0 aliphatic carbocycles. The number of ketones is 1. The summed E-state index contributed by atoms with van der Waals surface area (Å²) in [5.74, 6) is 0.0198. The standard InChI is InChI=1S/C18H16O5/c1-22-15-9-5-14(6-10-15)17(19)11-4-13-2-7-16(8-3-13)23-12-18(20)21/h2-11H,12H2,1H3,(H,20,21)/b11-4-. The lowest BCUT2D eigenvalue weighted by molar-refractivity contribution is -0.139. The van der Waals surface area contributed by atoms with Gasteiger partial charge in [0.1, 0.15) is 11.5 Å². The second kappa shape index (κ2) is 7.79. The number of rotatable bonds is 7. The summed E-state index contributed by atoms with van der Waals surface area (Å²) in [4.78, 5) is 22.5. The van der Waals surface area contributed by atoms with Crippen molar-refractivity contribution < 1.29 is 24.2 Å². The van der Waals surface area contributed by atoms with Gasteiger partial charge >= 0.3 is 5.97 Å². The molecule has 23 heavy (non-hydrogen) atoms. The van der Waals surface area contributed by atoms with Gasteiger partial charge in [-0.2, -0.15) is 0 Å². The fourth-order valence-electron chi connectivity index (χ4n) is 1.84. The van der Waals surface area contributed by atoms with Crippen LogP contribution in [0.25, 0.3) is 6.08 Å². The van der Waals surface area contributed by atoms with Crippen LogP contribution < -0.4 is 9.47 Å².